The van der Waals surface area contributed by atoms with Gasteiger partial charge in [0, 0.05) is 5.69 Å². The van der Waals surface area contributed by atoms with Crippen LogP contribution in [0.5, 0.6) is 0 Å². The normalized spacial score (nSPS) is 10.4. The zero-order chi connectivity index (χ0) is 15.1. The molecule has 1 heterocycles. The fourth-order valence-electron chi connectivity index (χ4n) is 1.70. The van der Waals surface area contributed by atoms with Gasteiger partial charge in [0.25, 0.3) is 0 Å². The molecule has 0 bridgehead atoms. The first-order chi connectivity index (χ1) is 10.2. The Morgan fingerprint density at radius 3 is 2.76 bits per heavy atom. The van der Waals surface area contributed by atoms with Crippen LogP contribution in [0.3, 0.4) is 0 Å². The van der Waals surface area contributed by atoms with Gasteiger partial charge in [-0.25, -0.2) is 4.79 Å². The first-order valence-corrected chi connectivity index (χ1v) is 8.05. The Balaban J connectivity index is 1.80. The van der Waals surface area contributed by atoms with E-state index in [1.165, 1.54) is 5.56 Å². The summed E-state index contributed by atoms with van der Waals surface area (Å²) < 4.78 is 5.03. The van der Waals surface area contributed by atoms with Crippen molar-refractivity contribution < 1.29 is 9.32 Å². The van der Waals surface area contributed by atoms with Gasteiger partial charge in [-0.2, -0.15) is 16.7 Å². The number of carbonyl (C=O) groups excluding carboxylic acids is 1. The van der Waals surface area contributed by atoms with Gasteiger partial charge in [0.15, 0.2) is 5.82 Å². The Kier molecular flexibility index (Phi) is 5.62. The lowest BCUT2D eigenvalue weighted by Crippen LogP contribution is -2.28. The summed E-state index contributed by atoms with van der Waals surface area (Å²) in [6.07, 6.45) is 2.94. The summed E-state index contributed by atoms with van der Waals surface area (Å²) in [6, 6.07) is 7.43. The Bertz CT molecular complexity index is 583. The average Bonchev–Trinajstić information content (AvgIpc) is 2.94. The standard InChI is InChI=1S/C14H18N4O2S/c1-3-10-4-6-11(7-5-10)16-14(19)15-8-13-17-12(9-21-2)18-20-13/h4-7H,3,8-9H2,1-2H3,(H2,15,16,19). The van der Waals surface area contributed by atoms with Crippen LogP contribution >= 0.6 is 11.8 Å². The number of aryl methyl sites for hydroxylation is 1. The lowest BCUT2D eigenvalue weighted by atomic mass is 10.1. The molecule has 0 saturated carbocycles. The van der Waals surface area contributed by atoms with Crippen molar-refractivity contribution in [3.63, 3.8) is 0 Å². The van der Waals surface area contributed by atoms with Crippen molar-refractivity contribution in [1.29, 1.82) is 0 Å². The third-order valence-electron chi connectivity index (χ3n) is 2.80. The minimum atomic E-state index is -0.302. The quantitative estimate of drug-likeness (QED) is 0.858. The number of hydrogen-bond donors (Lipinski definition) is 2. The SMILES string of the molecule is CCc1ccc(NC(=O)NCc2nc(CSC)no2)cc1. The van der Waals surface area contributed by atoms with Crippen LogP contribution in [0.25, 0.3) is 0 Å². The highest BCUT2D eigenvalue weighted by Crippen LogP contribution is 2.10. The second-order valence-electron chi connectivity index (χ2n) is 4.40. The van der Waals surface area contributed by atoms with Crippen molar-refractivity contribution >= 4 is 23.5 Å². The number of nitrogens with one attached hydrogen (secondary N) is 2. The van der Waals surface area contributed by atoms with Gasteiger partial charge in [-0.15, -0.1) is 0 Å². The molecule has 7 heteroatoms. The van der Waals surface area contributed by atoms with Crippen molar-refractivity contribution in [2.24, 2.45) is 0 Å². The predicted molar refractivity (Wildman–Crippen MR) is 83.2 cm³/mol. The molecule has 1 aromatic heterocycles. The van der Waals surface area contributed by atoms with Crippen LogP contribution in [0, 0.1) is 0 Å². The molecule has 0 fully saturated rings. The average molecular weight is 306 g/mol. The number of urea groups is 1. The predicted octanol–water partition coefficient (Wildman–Crippen LogP) is 2.82. The molecule has 21 heavy (non-hydrogen) atoms. The third-order valence-corrected chi connectivity index (χ3v) is 3.35. The topological polar surface area (TPSA) is 80.0 Å². The van der Waals surface area contributed by atoms with Crippen molar-refractivity contribution in [1.82, 2.24) is 15.5 Å². The van der Waals surface area contributed by atoms with E-state index in [1.807, 2.05) is 30.5 Å². The van der Waals surface area contributed by atoms with Gasteiger partial charge >= 0.3 is 6.03 Å². The molecule has 112 valence electrons. The monoisotopic (exact) mass is 306 g/mol. The number of carbonyl (C=O) groups is 1. The molecule has 0 spiro atoms. The van der Waals surface area contributed by atoms with Crippen molar-refractivity contribution in [3.8, 4) is 0 Å². The number of rotatable bonds is 6. The zero-order valence-corrected chi connectivity index (χ0v) is 12.9. The number of benzene rings is 1. The Morgan fingerprint density at radius 2 is 2.10 bits per heavy atom. The molecule has 2 amide bonds. The molecule has 0 saturated heterocycles. The van der Waals surface area contributed by atoms with E-state index in [0.29, 0.717) is 17.5 Å². The highest BCUT2D eigenvalue weighted by atomic mass is 32.2. The smallest absolute Gasteiger partial charge is 0.319 e. The van der Waals surface area contributed by atoms with E-state index in [1.54, 1.807) is 11.8 Å². The zero-order valence-electron chi connectivity index (χ0n) is 12.0. The minimum absolute atomic E-state index is 0.209. The van der Waals surface area contributed by atoms with Crippen molar-refractivity contribution in [2.45, 2.75) is 25.6 Å². The van der Waals surface area contributed by atoms with E-state index in [9.17, 15) is 4.79 Å². The maximum absolute atomic E-state index is 11.8. The molecule has 0 radical (unpaired) electrons. The summed E-state index contributed by atoms with van der Waals surface area (Å²) in [5, 5.41) is 9.24. The van der Waals surface area contributed by atoms with Gasteiger partial charge in [-0.05, 0) is 30.4 Å². The van der Waals surface area contributed by atoms with E-state index in [0.717, 1.165) is 12.1 Å². The van der Waals surface area contributed by atoms with E-state index < -0.39 is 0 Å². The van der Waals surface area contributed by atoms with Gasteiger partial charge in [-0.3, -0.25) is 0 Å². The van der Waals surface area contributed by atoms with Crippen molar-refractivity contribution in [3.05, 3.63) is 41.5 Å². The molecule has 6 nitrogen and oxygen atoms in total. The number of amides is 2. The highest BCUT2D eigenvalue weighted by Gasteiger charge is 2.07. The fourth-order valence-corrected chi connectivity index (χ4v) is 2.08. The maximum Gasteiger partial charge on any atom is 0.319 e. The minimum Gasteiger partial charge on any atom is -0.337 e. The number of hydrogen-bond acceptors (Lipinski definition) is 5. The third kappa shape index (κ3) is 4.78. The molecule has 1 aromatic carbocycles. The fraction of sp³-hybridized carbons (Fsp3) is 0.357. The van der Waals surface area contributed by atoms with E-state index in [2.05, 4.69) is 27.7 Å². The molecule has 0 aliphatic carbocycles. The van der Waals surface area contributed by atoms with E-state index in [4.69, 9.17) is 4.52 Å². The molecular formula is C14H18N4O2S. The highest BCUT2D eigenvalue weighted by molar-refractivity contribution is 7.97. The molecule has 2 aromatic rings. The van der Waals surface area contributed by atoms with Crippen LogP contribution in [0.15, 0.2) is 28.8 Å². The summed E-state index contributed by atoms with van der Waals surface area (Å²) in [5.41, 5.74) is 1.98. The number of thioether (sulfide) groups is 1. The maximum atomic E-state index is 11.8. The van der Waals surface area contributed by atoms with E-state index in [-0.39, 0.29) is 12.6 Å². The lowest BCUT2D eigenvalue weighted by Gasteiger charge is -2.06. The summed E-state index contributed by atoms with van der Waals surface area (Å²) in [7, 11) is 0. The summed E-state index contributed by atoms with van der Waals surface area (Å²) in [5.74, 6) is 1.73. The summed E-state index contributed by atoms with van der Waals surface area (Å²) >= 11 is 1.61. The van der Waals surface area contributed by atoms with Gasteiger partial charge in [0.1, 0.15) is 0 Å². The molecule has 0 aliphatic heterocycles. The summed E-state index contributed by atoms with van der Waals surface area (Å²) in [4.78, 5) is 15.9. The Morgan fingerprint density at radius 1 is 1.33 bits per heavy atom. The Hall–Kier alpha value is -2.02. The van der Waals surface area contributed by atoms with Crippen LogP contribution < -0.4 is 10.6 Å². The summed E-state index contributed by atoms with van der Waals surface area (Å²) in [6.45, 7) is 2.30. The molecule has 0 unspecified atom stereocenters. The first kappa shape index (κ1) is 15.4. The molecular weight excluding hydrogens is 288 g/mol. The Labute approximate surface area is 127 Å². The number of aromatic nitrogens is 2. The second kappa shape index (κ2) is 7.68. The van der Waals surface area contributed by atoms with Crippen molar-refractivity contribution in [2.75, 3.05) is 11.6 Å². The van der Waals surface area contributed by atoms with Gasteiger partial charge in [0.2, 0.25) is 5.89 Å². The molecule has 2 N–H and O–H groups in total. The molecule has 0 atom stereocenters. The first-order valence-electron chi connectivity index (χ1n) is 6.65. The second-order valence-corrected chi connectivity index (χ2v) is 5.26. The lowest BCUT2D eigenvalue weighted by molar-refractivity contribution is 0.249. The number of nitrogens with zero attached hydrogens (tertiary/aromatic N) is 2. The van der Waals surface area contributed by atoms with Crippen LogP contribution in [0.2, 0.25) is 0 Å². The van der Waals surface area contributed by atoms with Gasteiger partial charge < -0.3 is 15.2 Å². The van der Waals surface area contributed by atoms with Crippen LogP contribution in [-0.2, 0) is 18.7 Å². The van der Waals surface area contributed by atoms with Gasteiger partial charge in [-0.1, -0.05) is 24.2 Å². The molecule has 2 rings (SSSR count). The largest absolute Gasteiger partial charge is 0.337 e. The number of anilines is 1. The molecule has 0 aliphatic rings. The van der Waals surface area contributed by atoms with Crippen LogP contribution in [0.4, 0.5) is 10.5 Å². The van der Waals surface area contributed by atoms with Gasteiger partial charge in [0.05, 0.1) is 12.3 Å². The van der Waals surface area contributed by atoms with Crippen LogP contribution in [-0.4, -0.2) is 22.4 Å². The van der Waals surface area contributed by atoms with E-state index >= 15 is 0 Å². The van der Waals surface area contributed by atoms with Crippen LogP contribution in [0.1, 0.15) is 24.2 Å².